The first-order valence-corrected chi connectivity index (χ1v) is 7.02. The fourth-order valence-electron chi connectivity index (χ4n) is 1.83. The second-order valence-corrected chi connectivity index (χ2v) is 4.58. The molecule has 0 fully saturated rings. The zero-order chi connectivity index (χ0) is 14.8. The summed E-state index contributed by atoms with van der Waals surface area (Å²) in [5.74, 6) is 0.707. The van der Waals surface area contributed by atoms with Gasteiger partial charge in [-0.05, 0) is 25.0 Å². The van der Waals surface area contributed by atoms with Crippen LogP contribution in [0.5, 0.6) is 5.75 Å². The Morgan fingerprint density at radius 3 is 2.75 bits per heavy atom. The van der Waals surface area contributed by atoms with Crippen molar-refractivity contribution in [1.29, 1.82) is 0 Å². The number of rotatable bonds is 8. The lowest BCUT2D eigenvalue weighted by Crippen LogP contribution is -2.36. The third-order valence-electron chi connectivity index (χ3n) is 2.98. The number of nitrogens with one attached hydrogen (secondary N) is 1. The molecule has 2 N–H and O–H groups in total. The third-order valence-corrected chi connectivity index (χ3v) is 2.98. The van der Waals surface area contributed by atoms with E-state index < -0.39 is 0 Å². The fraction of sp³-hybridized carbons (Fsp3) is 0.533. The van der Waals surface area contributed by atoms with E-state index in [0.717, 1.165) is 12.8 Å². The minimum atomic E-state index is -0.139. The maximum atomic E-state index is 12.2. The maximum absolute atomic E-state index is 12.2. The first-order chi connectivity index (χ1) is 9.71. The van der Waals surface area contributed by atoms with Crippen molar-refractivity contribution in [3.05, 3.63) is 24.3 Å². The highest BCUT2D eigenvalue weighted by Crippen LogP contribution is 2.17. The van der Waals surface area contributed by atoms with Crippen molar-refractivity contribution >= 4 is 11.7 Å². The smallest absolute Gasteiger partial charge is 0.321 e. The molecule has 2 amide bonds. The molecule has 0 spiro atoms. The molecule has 0 heterocycles. The Morgan fingerprint density at radius 2 is 2.10 bits per heavy atom. The lowest BCUT2D eigenvalue weighted by atomic mass is 10.3. The van der Waals surface area contributed by atoms with Crippen molar-refractivity contribution in [2.24, 2.45) is 0 Å². The fourth-order valence-corrected chi connectivity index (χ4v) is 1.83. The highest BCUT2D eigenvalue weighted by Gasteiger charge is 2.12. The molecule has 1 rings (SSSR count). The van der Waals surface area contributed by atoms with Crippen molar-refractivity contribution < 1.29 is 14.6 Å². The molecule has 0 atom stereocenters. The number of ether oxygens (including phenoxy) is 1. The van der Waals surface area contributed by atoms with Crippen LogP contribution in [0.1, 0.15) is 26.2 Å². The van der Waals surface area contributed by atoms with Gasteiger partial charge < -0.3 is 20.1 Å². The number of nitrogens with zero attached hydrogens (tertiary/aromatic N) is 1. The molecule has 1 aromatic rings. The van der Waals surface area contributed by atoms with E-state index in [2.05, 4.69) is 12.2 Å². The summed E-state index contributed by atoms with van der Waals surface area (Å²) in [4.78, 5) is 14.0. The van der Waals surface area contributed by atoms with Gasteiger partial charge in [-0.15, -0.1) is 0 Å². The first kappa shape index (κ1) is 16.3. The highest BCUT2D eigenvalue weighted by molar-refractivity contribution is 5.89. The van der Waals surface area contributed by atoms with Crippen LogP contribution in [0.4, 0.5) is 10.5 Å². The summed E-state index contributed by atoms with van der Waals surface area (Å²) < 4.78 is 5.13. The average molecular weight is 280 g/mol. The summed E-state index contributed by atoms with van der Waals surface area (Å²) in [7, 11) is 1.59. The molecule has 112 valence electrons. The van der Waals surface area contributed by atoms with Gasteiger partial charge >= 0.3 is 6.03 Å². The number of hydrogen-bond acceptors (Lipinski definition) is 3. The average Bonchev–Trinajstić information content (AvgIpc) is 2.47. The number of carbonyl (C=O) groups is 1. The van der Waals surface area contributed by atoms with Crippen molar-refractivity contribution in [1.82, 2.24) is 4.90 Å². The van der Waals surface area contributed by atoms with E-state index in [0.29, 0.717) is 30.9 Å². The highest BCUT2D eigenvalue weighted by atomic mass is 16.5. The molecule has 0 radical (unpaired) electrons. The zero-order valence-electron chi connectivity index (χ0n) is 12.3. The molecule has 1 aromatic carbocycles. The summed E-state index contributed by atoms with van der Waals surface area (Å²) in [5.41, 5.74) is 0.708. The number of carbonyl (C=O) groups excluding carboxylic acids is 1. The molecule has 0 aliphatic heterocycles. The Morgan fingerprint density at radius 1 is 1.35 bits per heavy atom. The lowest BCUT2D eigenvalue weighted by molar-refractivity contribution is 0.201. The molecule has 0 saturated carbocycles. The second-order valence-electron chi connectivity index (χ2n) is 4.58. The summed E-state index contributed by atoms with van der Waals surface area (Å²) >= 11 is 0. The number of aliphatic hydroxyl groups is 1. The maximum Gasteiger partial charge on any atom is 0.321 e. The quantitative estimate of drug-likeness (QED) is 0.769. The van der Waals surface area contributed by atoms with Gasteiger partial charge in [0.15, 0.2) is 0 Å². The van der Waals surface area contributed by atoms with Crippen molar-refractivity contribution in [2.75, 3.05) is 32.1 Å². The van der Waals surface area contributed by atoms with Gasteiger partial charge in [0.1, 0.15) is 5.75 Å². The van der Waals surface area contributed by atoms with Crippen LogP contribution >= 0.6 is 0 Å². The van der Waals surface area contributed by atoms with Gasteiger partial charge in [-0.2, -0.15) is 0 Å². The molecule has 0 aromatic heterocycles. The van der Waals surface area contributed by atoms with E-state index in [1.54, 1.807) is 18.1 Å². The predicted octanol–water partition coefficient (Wildman–Crippen LogP) is 2.71. The summed E-state index contributed by atoms with van der Waals surface area (Å²) in [6.07, 6.45) is 2.58. The van der Waals surface area contributed by atoms with Gasteiger partial charge in [0, 0.05) is 31.5 Å². The van der Waals surface area contributed by atoms with E-state index in [9.17, 15) is 4.79 Å². The number of methoxy groups -OCH3 is 1. The van der Waals surface area contributed by atoms with Gasteiger partial charge in [-0.25, -0.2) is 4.79 Å². The van der Waals surface area contributed by atoms with Gasteiger partial charge in [0.05, 0.1) is 7.11 Å². The number of benzene rings is 1. The normalized spacial score (nSPS) is 10.2. The van der Waals surface area contributed by atoms with Crippen LogP contribution in [0.2, 0.25) is 0 Å². The Kier molecular flexibility index (Phi) is 7.50. The summed E-state index contributed by atoms with van der Waals surface area (Å²) in [6, 6.07) is 7.13. The molecule has 0 unspecified atom stereocenters. The van der Waals surface area contributed by atoms with Crippen LogP contribution in [0.3, 0.4) is 0 Å². The molecule has 0 bridgehead atoms. The van der Waals surface area contributed by atoms with Crippen LogP contribution in [-0.4, -0.2) is 42.8 Å². The molecule has 5 nitrogen and oxygen atoms in total. The first-order valence-electron chi connectivity index (χ1n) is 7.02. The minimum absolute atomic E-state index is 0.0923. The van der Waals surface area contributed by atoms with Crippen molar-refractivity contribution in [2.45, 2.75) is 26.2 Å². The largest absolute Gasteiger partial charge is 0.497 e. The van der Waals surface area contributed by atoms with Gasteiger partial charge in [0.2, 0.25) is 0 Å². The molecule has 5 heteroatoms. The van der Waals surface area contributed by atoms with Gasteiger partial charge in [-0.3, -0.25) is 0 Å². The second kappa shape index (κ2) is 9.20. The Balaban J connectivity index is 2.63. The monoisotopic (exact) mass is 280 g/mol. The van der Waals surface area contributed by atoms with E-state index in [4.69, 9.17) is 9.84 Å². The summed E-state index contributed by atoms with van der Waals surface area (Å²) in [5, 5.41) is 11.8. The standard InChI is InChI=1S/C15H24N2O3/c1-3-4-9-17(10-6-11-18)15(19)16-13-7-5-8-14(12-13)20-2/h5,7-8,12,18H,3-4,6,9-11H2,1-2H3,(H,16,19). The van der Waals surface area contributed by atoms with E-state index in [-0.39, 0.29) is 12.6 Å². The Labute approximate surface area is 120 Å². The van der Waals surface area contributed by atoms with Crippen molar-refractivity contribution in [3.8, 4) is 5.75 Å². The SMILES string of the molecule is CCCCN(CCCO)C(=O)Nc1cccc(OC)c1. The molecular formula is C15H24N2O3. The predicted molar refractivity (Wildman–Crippen MR) is 80.2 cm³/mol. The van der Waals surface area contributed by atoms with Crippen LogP contribution in [0, 0.1) is 0 Å². The summed E-state index contributed by atoms with van der Waals surface area (Å²) in [6.45, 7) is 3.44. The number of unbranched alkanes of at least 4 members (excludes halogenated alkanes) is 1. The molecule has 0 saturated heterocycles. The Bertz CT molecular complexity index is 402. The lowest BCUT2D eigenvalue weighted by Gasteiger charge is -2.22. The molecular weight excluding hydrogens is 256 g/mol. The van der Waals surface area contributed by atoms with Gasteiger partial charge in [0.25, 0.3) is 0 Å². The van der Waals surface area contributed by atoms with E-state index in [1.807, 2.05) is 18.2 Å². The van der Waals surface area contributed by atoms with E-state index >= 15 is 0 Å². The third kappa shape index (κ3) is 5.48. The molecule has 0 aliphatic rings. The zero-order valence-corrected chi connectivity index (χ0v) is 12.3. The number of aliphatic hydroxyl groups excluding tert-OH is 1. The number of amides is 2. The number of urea groups is 1. The van der Waals surface area contributed by atoms with Crippen molar-refractivity contribution in [3.63, 3.8) is 0 Å². The van der Waals surface area contributed by atoms with Crippen LogP contribution in [-0.2, 0) is 0 Å². The minimum Gasteiger partial charge on any atom is -0.497 e. The molecule has 0 aliphatic carbocycles. The number of hydrogen-bond donors (Lipinski definition) is 2. The number of anilines is 1. The van der Waals surface area contributed by atoms with E-state index in [1.165, 1.54) is 0 Å². The topological polar surface area (TPSA) is 61.8 Å². The van der Waals surface area contributed by atoms with Crippen LogP contribution in [0.25, 0.3) is 0 Å². The van der Waals surface area contributed by atoms with Crippen LogP contribution in [0.15, 0.2) is 24.3 Å². The Hall–Kier alpha value is -1.75. The van der Waals surface area contributed by atoms with Gasteiger partial charge in [-0.1, -0.05) is 19.4 Å². The molecule has 20 heavy (non-hydrogen) atoms. The van der Waals surface area contributed by atoms with Crippen LogP contribution < -0.4 is 10.1 Å².